The Labute approximate surface area is 312 Å². The van der Waals surface area contributed by atoms with Gasteiger partial charge >= 0.3 is 12.4 Å². The predicted octanol–water partition coefficient (Wildman–Crippen LogP) is 12.3. The van der Waals surface area contributed by atoms with E-state index in [0.29, 0.717) is 49.7 Å². The fourth-order valence-corrected chi connectivity index (χ4v) is 7.26. The molecule has 6 aromatic carbocycles. The lowest BCUT2D eigenvalue weighted by atomic mass is 9.94. The molecule has 0 saturated heterocycles. The highest BCUT2D eigenvalue weighted by atomic mass is 19.4. The van der Waals surface area contributed by atoms with Gasteiger partial charge in [0.2, 0.25) is 0 Å². The van der Waals surface area contributed by atoms with E-state index < -0.39 is 29.0 Å². The summed E-state index contributed by atoms with van der Waals surface area (Å²) < 4.78 is 89.0. The van der Waals surface area contributed by atoms with Gasteiger partial charge in [0.25, 0.3) is 0 Å². The zero-order valence-electron chi connectivity index (χ0n) is 28.2. The topological polar surface area (TPSA) is 89.9 Å². The quantitative estimate of drug-likeness (QED) is 0.133. The molecule has 8 aromatic rings. The molecule has 7 nitrogen and oxygen atoms in total. The molecule has 0 fully saturated rings. The molecule has 2 aromatic heterocycles. The molecule has 0 unspecified atom stereocenters. The van der Waals surface area contributed by atoms with E-state index in [2.05, 4.69) is 27.9 Å². The first-order valence-corrected chi connectivity index (χ1v) is 16.4. The van der Waals surface area contributed by atoms with Crippen molar-refractivity contribution in [3.63, 3.8) is 0 Å². The molecule has 0 atom stereocenters. The van der Waals surface area contributed by atoms with Gasteiger partial charge in [-0.05, 0) is 107 Å². The molecule has 0 bridgehead atoms. The van der Waals surface area contributed by atoms with Gasteiger partial charge in [0, 0.05) is 10.8 Å². The second-order valence-corrected chi connectivity index (χ2v) is 12.7. The number of fused-ring (bicyclic) bond motifs is 6. The van der Waals surface area contributed by atoms with Gasteiger partial charge in [0.05, 0.1) is 81.0 Å². The number of halogens is 6. The number of nitriles is 3. The molecule has 13 heteroatoms. The van der Waals surface area contributed by atoms with Crippen molar-refractivity contribution in [1.82, 2.24) is 9.13 Å². The van der Waals surface area contributed by atoms with Crippen molar-refractivity contribution in [3.8, 4) is 40.7 Å². The van der Waals surface area contributed by atoms with Crippen LogP contribution in [-0.4, -0.2) is 9.13 Å². The molecular weight excluding hydrogens is 729 g/mol. The largest absolute Gasteiger partial charge is 0.417 e. The van der Waals surface area contributed by atoms with Crippen LogP contribution in [0.3, 0.4) is 0 Å². The summed E-state index contributed by atoms with van der Waals surface area (Å²) in [5.74, 6) is 0. The van der Waals surface area contributed by atoms with Crippen LogP contribution in [-0.2, 0) is 12.4 Å². The lowest BCUT2D eigenvalue weighted by Crippen LogP contribution is -2.12. The summed E-state index contributed by atoms with van der Waals surface area (Å²) in [6, 6.07) is 29.2. The number of nitrogens with zero attached hydrogens (tertiary/aromatic N) is 7. The van der Waals surface area contributed by atoms with Gasteiger partial charge in [0.15, 0.2) is 11.4 Å². The Hall–Kier alpha value is -8.05. The summed E-state index contributed by atoms with van der Waals surface area (Å²) in [6.07, 6.45) is -10.3. The van der Waals surface area contributed by atoms with Crippen molar-refractivity contribution in [2.24, 2.45) is 0 Å². The highest BCUT2D eigenvalue weighted by Gasteiger charge is 2.39. The van der Waals surface area contributed by atoms with Crippen LogP contribution in [0, 0.1) is 47.1 Å². The monoisotopic (exact) mass is 745 g/mol. The molecule has 0 aliphatic carbocycles. The SMILES string of the molecule is [C-]#[N+]c1ccc2c(c1)c1cc([N+]#[C-])ccc1n2-c1cc(-c2ccc(C(F)(F)F)cc2C(F)(F)F)cc(-n2c3ccc(C#N)cc3c3cc(C#N)ccc32)c1C#N. The van der Waals surface area contributed by atoms with Crippen LogP contribution in [0.25, 0.3) is 75.8 Å². The van der Waals surface area contributed by atoms with Crippen LogP contribution in [0.4, 0.5) is 37.7 Å². The highest BCUT2D eigenvalue weighted by Crippen LogP contribution is 2.45. The molecule has 0 radical (unpaired) electrons. The third-order valence-corrected chi connectivity index (χ3v) is 9.67. The van der Waals surface area contributed by atoms with E-state index in [1.165, 1.54) is 36.4 Å². The zero-order chi connectivity index (χ0) is 39.7. The van der Waals surface area contributed by atoms with E-state index in [4.69, 9.17) is 13.1 Å². The number of rotatable bonds is 3. The zero-order valence-corrected chi connectivity index (χ0v) is 28.2. The molecule has 56 heavy (non-hydrogen) atoms. The van der Waals surface area contributed by atoms with Crippen LogP contribution in [0.5, 0.6) is 0 Å². The van der Waals surface area contributed by atoms with E-state index in [1.54, 1.807) is 57.7 Å². The maximum absolute atomic E-state index is 14.8. The fourth-order valence-electron chi connectivity index (χ4n) is 7.26. The molecule has 0 N–H and O–H groups in total. The summed E-state index contributed by atoms with van der Waals surface area (Å²) >= 11 is 0. The lowest BCUT2D eigenvalue weighted by Gasteiger charge is -2.21. The normalized spacial score (nSPS) is 11.7. The van der Waals surface area contributed by atoms with Crippen LogP contribution >= 0.6 is 0 Å². The van der Waals surface area contributed by atoms with Crippen molar-refractivity contribution in [2.45, 2.75) is 12.4 Å². The minimum Gasteiger partial charge on any atom is -0.308 e. The number of hydrogen-bond acceptors (Lipinski definition) is 3. The summed E-state index contributed by atoms with van der Waals surface area (Å²) in [4.78, 5) is 7.05. The Balaban J connectivity index is 1.59. The van der Waals surface area contributed by atoms with Gasteiger partial charge in [-0.25, -0.2) is 9.69 Å². The first-order chi connectivity index (χ1) is 26.8. The fraction of sp³-hybridized carbons (Fsp3) is 0.0465. The van der Waals surface area contributed by atoms with E-state index in [0.717, 1.165) is 6.07 Å². The van der Waals surface area contributed by atoms with Crippen LogP contribution in [0.2, 0.25) is 0 Å². The Bertz CT molecular complexity index is 2930. The average molecular weight is 746 g/mol. The third-order valence-electron chi connectivity index (χ3n) is 9.67. The first kappa shape index (κ1) is 35.0. The van der Waals surface area contributed by atoms with Gasteiger partial charge in [-0.1, -0.05) is 18.2 Å². The molecule has 2 heterocycles. The summed E-state index contributed by atoms with van der Waals surface area (Å²) in [5.41, 5.74) is -1.02. The van der Waals surface area contributed by atoms with Gasteiger partial charge in [0.1, 0.15) is 11.6 Å². The Kier molecular flexibility index (Phi) is 7.83. The van der Waals surface area contributed by atoms with Gasteiger partial charge in [-0.2, -0.15) is 42.1 Å². The van der Waals surface area contributed by atoms with E-state index >= 15 is 0 Å². The van der Waals surface area contributed by atoms with Crippen molar-refractivity contribution in [2.75, 3.05) is 0 Å². The molecule has 266 valence electrons. The highest BCUT2D eigenvalue weighted by molar-refractivity contribution is 6.13. The molecule has 0 saturated carbocycles. The molecule has 8 rings (SSSR count). The van der Waals surface area contributed by atoms with Gasteiger partial charge in [-0.3, -0.25) is 0 Å². The lowest BCUT2D eigenvalue weighted by molar-refractivity contribution is -0.142. The van der Waals surface area contributed by atoms with Crippen molar-refractivity contribution >= 4 is 55.0 Å². The number of alkyl halides is 6. The maximum Gasteiger partial charge on any atom is 0.417 e. The second kappa shape index (κ2) is 12.5. The first-order valence-electron chi connectivity index (χ1n) is 16.4. The minimum atomic E-state index is -5.24. The second-order valence-electron chi connectivity index (χ2n) is 12.7. The number of benzene rings is 6. The predicted molar refractivity (Wildman–Crippen MR) is 197 cm³/mol. The van der Waals surface area contributed by atoms with E-state index in [-0.39, 0.29) is 51.1 Å². The smallest absolute Gasteiger partial charge is 0.308 e. The van der Waals surface area contributed by atoms with Crippen molar-refractivity contribution < 1.29 is 26.3 Å². The molecule has 0 amide bonds. The summed E-state index contributed by atoms with van der Waals surface area (Å²) in [5, 5.41) is 32.5. The van der Waals surface area contributed by atoms with E-state index in [9.17, 15) is 42.1 Å². The standard InChI is InChI=1S/C43H17F6N7/c1-53-27-6-11-38-32(18-27)33-19-28(54-2)7-12-39(33)56(38)41-16-25(29-8-5-26(42(44,45)46)17-35(29)43(47,48)49)15-40(34(41)22-52)55-36-9-3-23(20-50)13-30(36)31-14-24(21-51)4-10-37(31)55/h3-19H. The molecule has 0 spiro atoms. The molecule has 0 aliphatic rings. The molecular formula is C43H17F6N7. The maximum atomic E-state index is 14.8. The van der Waals surface area contributed by atoms with Crippen LogP contribution in [0.1, 0.15) is 27.8 Å². The van der Waals surface area contributed by atoms with Gasteiger partial charge < -0.3 is 9.13 Å². The summed E-state index contributed by atoms with van der Waals surface area (Å²) in [7, 11) is 0. The van der Waals surface area contributed by atoms with Crippen LogP contribution < -0.4 is 0 Å². The Morgan fingerprint density at radius 1 is 0.500 bits per heavy atom. The molecule has 0 aliphatic heterocycles. The van der Waals surface area contributed by atoms with Gasteiger partial charge in [-0.15, -0.1) is 0 Å². The van der Waals surface area contributed by atoms with Crippen LogP contribution in [0.15, 0.2) is 103 Å². The summed E-state index contributed by atoms with van der Waals surface area (Å²) in [6.45, 7) is 15.2. The Morgan fingerprint density at radius 3 is 1.34 bits per heavy atom. The number of aromatic nitrogens is 2. The number of hydrogen-bond donors (Lipinski definition) is 0. The average Bonchev–Trinajstić information content (AvgIpc) is 3.70. The minimum absolute atomic E-state index is 0.0491. The van der Waals surface area contributed by atoms with E-state index in [1.807, 2.05) is 0 Å². The van der Waals surface area contributed by atoms with Crippen molar-refractivity contribution in [3.05, 3.63) is 154 Å². The van der Waals surface area contributed by atoms with Crippen molar-refractivity contribution in [1.29, 1.82) is 15.8 Å². The third kappa shape index (κ3) is 5.41. The Morgan fingerprint density at radius 2 is 0.946 bits per heavy atom.